The normalized spacial score (nSPS) is 24.9. The lowest BCUT2D eigenvalue weighted by molar-refractivity contribution is -0.146. The van der Waals surface area contributed by atoms with Crippen molar-refractivity contribution in [2.24, 2.45) is 5.92 Å². The van der Waals surface area contributed by atoms with E-state index in [1.165, 1.54) is 0 Å². The highest BCUT2D eigenvalue weighted by atomic mass is 16.5. The summed E-state index contributed by atoms with van der Waals surface area (Å²) in [7, 11) is 0. The van der Waals surface area contributed by atoms with Crippen molar-refractivity contribution in [3.8, 4) is 0 Å². The molecular formula is C20H27N3O3. The predicted molar refractivity (Wildman–Crippen MR) is 100 cm³/mol. The molecule has 6 heteroatoms. The smallest absolute Gasteiger partial charge is 0.326 e. The Kier molecular flexibility index (Phi) is 4.85. The van der Waals surface area contributed by atoms with E-state index in [1.807, 2.05) is 33.7 Å². The number of piperidine rings is 1. The van der Waals surface area contributed by atoms with Gasteiger partial charge in [-0.25, -0.2) is 4.79 Å². The number of hydrogen-bond acceptors (Lipinski definition) is 3. The molecule has 0 spiro atoms. The number of fused-ring (bicyclic) bond motifs is 1. The molecule has 1 aromatic heterocycles. The molecule has 0 bridgehead atoms. The number of benzene rings is 1. The van der Waals surface area contributed by atoms with Gasteiger partial charge in [-0.15, -0.1) is 0 Å². The van der Waals surface area contributed by atoms with Gasteiger partial charge in [0.25, 0.3) is 0 Å². The zero-order valence-corrected chi connectivity index (χ0v) is 15.3. The number of aromatic amines is 1. The summed E-state index contributed by atoms with van der Waals surface area (Å²) in [5, 5.41) is 0. The monoisotopic (exact) mass is 357 g/mol. The Labute approximate surface area is 153 Å². The molecule has 0 aliphatic carbocycles. The van der Waals surface area contributed by atoms with E-state index in [2.05, 4.69) is 11.9 Å². The van der Waals surface area contributed by atoms with Gasteiger partial charge in [0.05, 0.1) is 23.1 Å². The van der Waals surface area contributed by atoms with Gasteiger partial charge >= 0.3 is 5.69 Å². The molecule has 0 saturated carbocycles. The third kappa shape index (κ3) is 3.07. The molecule has 1 aromatic carbocycles. The van der Waals surface area contributed by atoms with E-state index in [9.17, 15) is 9.59 Å². The molecule has 1 N–H and O–H groups in total. The van der Waals surface area contributed by atoms with E-state index >= 15 is 0 Å². The number of aromatic nitrogens is 2. The molecule has 0 radical (unpaired) electrons. The topological polar surface area (TPSA) is 67.3 Å². The zero-order valence-electron chi connectivity index (χ0n) is 15.3. The fourth-order valence-electron chi connectivity index (χ4n) is 4.54. The number of carbonyl (C=O) groups excluding carboxylic acids is 1. The van der Waals surface area contributed by atoms with E-state index < -0.39 is 0 Å². The molecule has 6 nitrogen and oxygen atoms in total. The predicted octanol–water partition coefficient (Wildman–Crippen LogP) is 2.70. The molecule has 26 heavy (non-hydrogen) atoms. The van der Waals surface area contributed by atoms with E-state index in [4.69, 9.17) is 4.74 Å². The van der Waals surface area contributed by atoms with Crippen molar-refractivity contribution in [3.05, 3.63) is 34.7 Å². The van der Waals surface area contributed by atoms with Gasteiger partial charge in [-0.3, -0.25) is 9.36 Å². The number of amides is 1. The van der Waals surface area contributed by atoms with Crippen molar-refractivity contribution in [1.29, 1.82) is 0 Å². The SMILES string of the molecule is CCC1OCCCC1C(=O)N1CCC(n2c(=O)[nH]c3ccccc32)CC1. The molecule has 2 aliphatic heterocycles. The van der Waals surface area contributed by atoms with Crippen LogP contribution in [0.5, 0.6) is 0 Å². The fraction of sp³-hybridized carbons (Fsp3) is 0.600. The highest BCUT2D eigenvalue weighted by molar-refractivity contribution is 5.79. The van der Waals surface area contributed by atoms with Gasteiger partial charge in [0, 0.05) is 25.7 Å². The van der Waals surface area contributed by atoms with Crippen LogP contribution in [0.2, 0.25) is 0 Å². The first-order chi connectivity index (χ1) is 12.7. The maximum absolute atomic E-state index is 13.0. The average molecular weight is 357 g/mol. The lowest BCUT2D eigenvalue weighted by Gasteiger charge is -2.38. The minimum Gasteiger partial charge on any atom is -0.377 e. The van der Waals surface area contributed by atoms with Gasteiger partial charge in [0.15, 0.2) is 0 Å². The van der Waals surface area contributed by atoms with E-state index in [0.717, 1.165) is 49.7 Å². The van der Waals surface area contributed by atoms with Crippen molar-refractivity contribution in [1.82, 2.24) is 14.5 Å². The van der Waals surface area contributed by atoms with Crippen LogP contribution in [0.15, 0.2) is 29.1 Å². The summed E-state index contributed by atoms with van der Waals surface area (Å²) in [4.78, 5) is 30.3. The number of H-pyrrole nitrogens is 1. The number of carbonyl (C=O) groups is 1. The number of para-hydroxylation sites is 2. The van der Waals surface area contributed by atoms with Gasteiger partial charge in [-0.2, -0.15) is 0 Å². The third-order valence-corrected chi connectivity index (χ3v) is 5.93. The Bertz CT molecular complexity index is 832. The van der Waals surface area contributed by atoms with Crippen molar-refractivity contribution in [2.45, 2.75) is 51.2 Å². The van der Waals surface area contributed by atoms with Crippen LogP contribution in [-0.4, -0.2) is 46.2 Å². The lowest BCUT2D eigenvalue weighted by Crippen LogP contribution is -2.47. The Morgan fingerprint density at radius 1 is 1.23 bits per heavy atom. The number of hydrogen-bond donors (Lipinski definition) is 1. The fourth-order valence-corrected chi connectivity index (χ4v) is 4.54. The molecule has 2 atom stereocenters. The van der Waals surface area contributed by atoms with Crippen LogP contribution in [0.1, 0.15) is 45.1 Å². The van der Waals surface area contributed by atoms with Gasteiger partial charge in [0.2, 0.25) is 5.91 Å². The standard InChI is InChI=1S/C20H27N3O3/c1-2-18-15(6-5-13-26-18)19(24)22-11-9-14(10-12-22)23-17-8-4-3-7-16(17)21-20(23)25/h3-4,7-8,14-15,18H,2,5-6,9-13H2,1H3,(H,21,25). The molecule has 140 valence electrons. The Balaban J connectivity index is 1.46. The summed E-state index contributed by atoms with van der Waals surface area (Å²) in [6, 6.07) is 7.95. The third-order valence-electron chi connectivity index (χ3n) is 5.93. The van der Waals surface area contributed by atoms with Crippen LogP contribution in [0, 0.1) is 5.92 Å². The molecular weight excluding hydrogens is 330 g/mol. The summed E-state index contributed by atoms with van der Waals surface area (Å²) in [6.45, 7) is 4.28. The highest BCUT2D eigenvalue weighted by Crippen LogP contribution is 2.29. The Hall–Kier alpha value is -2.08. The second-order valence-corrected chi connectivity index (χ2v) is 7.44. The van der Waals surface area contributed by atoms with Crippen molar-refractivity contribution in [3.63, 3.8) is 0 Å². The Morgan fingerprint density at radius 3 is 2.77 bits per heavy atom. The molecule has 4 rings (SSSR count). The summed E-state index contributed by atoms with van der Waals surface area (Å²) in [6.07, 6.45) is 4.48. The molecule has 2 saturated heterocycles. The van der Waals surface area contributed by atoms with Crippen molar-refractivity contribution in [2.75, 3.05) is 19.7 Å². The second-order valence-electron chi connectivity index (χ2n) is 7.44. The molecule has 3 heterocycles. The maximum Gasteiger partial charge on any atom is 0.326 e. The summed E-state index contributed by atoms with van der Waals surface area (Å²) in [5.41, 5.74) is 1.78. The average Bonchev–Trinajstić information content (AvgIpc) is 3.03. The molecule has 1 amide bonds. The van der Waals surface area contributed by atoms with Crippen LogP contribution in [0.25, 0.3) is 11.0 Å². The first-order valence-corrected chi connectivity index (χ1v) is 9.78. The molecule has 2 unspecified atom stereocenters. The van der Waals surface area contributed by atoms with Crippen molar-refractivity contribution >= 4 is 16.9 Å². The minimum absolute atomic E-state index is 0.00103. The largest absolute Gasteiger partial charge is 0.377 e. The van der Waals surface area contributed by atoms with Crippen molar-refractivity contribution < 1.29 is 9.53 Å². The number of imidazole rings is 1. The van der Waals surface area contributed by atoms with Crippen LogP contribution < -0.4 is 5.69 Å². The summed E-state index contributed by atoms with van der Waals surface area (Å²) < 4.78 is 7.67. The minimum atomic E-state index is -0.0531. The highest BCUT2D eigenvalue weighted by Gasteiger charge is 2.35. The van der Waals surface area contributed by atoms with Crippen LogP contribution in [0.3, 0.4) is 0 Å². The number of ether oxygens (including phenoxy) is 1. The molecule has 2 fully saturated rings. The van der Waals surface area contributed by atoms with E-state index in [1.54, 1.807) is 0 Å². The van der Waals surface area contributed by atoms with Crippen LogP contribution >= 0.6 is 0 Å². The Morgan fingerprint density at radius 2 is 2.00 bits per heavy atom. The van der Waals surface area contributed by atoms with E-state index in [-0.39, 0.29) is 29.7 Å². The number of rotatable bonds is 3. The van der Waals surface area contributed by atoms with Gasteiger partial charge < -0.3 is 14.6 Å². The van der Waals surface area contributed by atoms with Gasteiger partial charge in [-0.1, -0.05) is 19.1 Å². The summed E-state index contributed by atoms with van der Waals surface area (Å²) in [5.74, 6) is 0.238. The maximum atomic E-state index is 13.0. The van der Waals surface area contributed by atoms with Crippen LogP contribution in [-0.2, 0) is 9.53 Å². The number of nitrogens with one attached hydrogen (secondary N) is 1. The molecule has 2 aromatic rings. The first-order valence-electron chi connectivity index (χ1n) is 9.78. The lowest BCUT2D eigenvalue weighted by atomic mass is 9.90. The zero-order chi connectivity index (χ0) is 18.1. The second kappa shape index (κ2) is 7.27. The van der Waals surface area contributed by atoms with Gasteiger partial charge in [-0.05, 0) is 44.2 Å². The summed E-state index contributed by atoms with van der Waals surface area (Å²) >= 11 is 0. The van der Waals surface area contributed by atoms with Crippen LogP contribution in [0.4, 0.5) is 0 Å². The number of nitrogens with zero attached hydrogens (tertiary/aromatic N) is 2. The first kappa shape index (κ1) is 17.3. The number of likely N-dealkylation sites (tertiary alicyclic amines) is 1. The van der Waals surface area contributed by atoms with Gasteiger partial charge in [0.1, 0.15) is 0 Å². The van der Waals surface area contributed by atoms with E-state index in [0.29, 0.717) is 13.1 Å². The molecule has 2 aliphatic rings. The quantitative estimate of drug-likeness (QED) is 0.918.